The predicted molar refractivity (Wildman–Crippen MR) is 73.4 cm³/mol. The van der Waals surface area contributed by atoms with Crippen molar-refractivity contribution < 1.29 is 23.8 Å². The zero-order valence-electron chi connectivity index (χ0n) is 10.9. The number of methoxy groups -OCH3 is 3. The topological polar surface area (TPSA) is 73.9 Å². The highest BCUT2D eigenvalue weighted by Gasteiger charge is 2.18. The Bertz CT molecular complexity index is 489. The van der Waals surface area contributed by atoms with Crippen LogP contribution in [-0.4, -0.2) is 39.0 Å². The molecule has 0 spiro atoms. The minimum absolute atomic E-state index is 0.00500. The number of nitrogens with one attached hydrogen (secondary N) is 1. The van der Waals surface area contributed by atoms with Crippen LogP contribution in [0.25, 0.3) is 0 Å². The Morgan fingerprint density at radius 2 is 1.74 bits per heavy atom. The summed E-state index contributed by atoms with van der Waals surface area (Å²) in [4.78, 5) is 23.1. The van der Waals surface area contributed by atoms with Gasteiger partial charge in [0, 0.05) is 12.1 Å². The summed E-state index contributed by atoms with van der Waals surface area (Å²) in [5, 5.41) is 2.55. The normalized spacial score (nSPS) is 9.68. The molecule has 1 aromatic carbocycles. The summed E-state index contributed by atoms with van der Waals surface area (Å²) in [6.45, 7) is 0. The lowest BCUT2D eigenvalue weighted by Gasteiger charge is -2.14. The molecule has 1 amide bonds. The van der Waals surface area contributed by atoms with E-state index in [-0.39, 0.29) is 22.9 Å². The Morgan fingerprint density at radius 3 is 2.21 bits per heavy atom. The van der Waals surface area contributed by atoms with Gasteiger partial charge in [-0.15, -0.1) is 0 Å². The monoisotopic (exact) mass is 285 g/mol. The number of amides is 1. The first kappa shape index (κ1) is 15.2. The summed E-state index contributed by atoms with van der Waals surface area (Å²) >= 11 is 3.86. The molecule has 1 N–H and O–H groups in total. The van der Waals surface area contributed by atoms with E-state index < -0.39 is 5.97 Å². The van der Waals surface area contributed by atoms with Crippen molar-refractivity contribution in [3.63, 3.8) is 0 Å². The summed E-state index contributed by atoms with van der Waals surface area (Å²) in [6, 6.07) is 2.94. The fourth-order valence-corrected chi connectivity index (χ4v) is 1.53. The van der Waals surface area contributed by atoms with Crippen LogP contribution in [0.1, 0.15) is 10.4 Å². The second kappa shape index (κ2) is 6.89. The summed E-state index contributed by atoms with van der Waals surface area (Å²) in [6.07, 6.45) is 0. The third kappa shape index (κ3) is 3.54. The molecule has 1 aromatic rings. The number of rotatable bonds is 5. The quantitative estimate of drug-likeness (QED) is 0.631. The molecule has 0 aliphatic heterocycles. The molecule has 0 aromatic heterocycles. The van der Waals surface area contributed by atoms with Crippen LogP contribution in [0.4, 0.5) is 5.69 Å². The number of carbonyl (C=O) groups is 2. The van der Waals surface area contributed by atoms with Crippen molar-refractivity contribution in [2.24, 2.45) is 0 Å². The third-order valence-corrected chi connectivity index (χ3v) is 2.63. The molecule has 7 heteroatoms. The zero-order valence-corrected chi connectivity index (χ0v) is 11.7. The molecular formula is C12H15NO5S. The van der Waals surface area contributed by atoms with Gasteiger partial charge in [-0.1, -0.05) is 0 Å². The van der Waals surface area contributed by atoms with Gasteiger partial charge < -0.3 is 19.5 Å². The molecule has 0 aliphatic rings. The van der Waals surface area contributed by atoms with Crippen LogP contribution in [0, 0.1) is 0 Å². The van der Waals surface area contributed by atoms with Gasteiger partial charge in [0.15, 0.2) is 11.5 Å². The number of carbonyl (C=O) groups excluding carboxylic acids is 2. The van der Waals surface area contributed by atoms with E-state index in [2.05, 4.69) is 22.7 Å². The molecule has 19 heavy (non-hydrogen) atoms. The van der Waals surface area contributed by atoms with Gasteiger partial charge in [-0.05, 0) is 0 Å². The number of benzene rings is 1. The van der Waals surface area contributed by atoms with Crippen molar-refractivity contribution in [3.8, 4) is 11.5 Å². The van der Waals surface area contributed by atoms with E-state index in [0.717, 1.165) is 0 Å². The Balaban J connectivity index is 3.31. The maximum absolute atomic E-state index is 11.7. The first-order valence-electron chi connectivity index (χ1n) is 5.32. The van der Waals surface area contributed by atoms with Gasteiger partial charge in [0.25, 0.3) is 0 Å². The Labute approximate surface area is 116 Å². The van der Waals surface area contributed by atoms with Gasteiger partial charge in [-0.25, -0.2) is 4.79 Å². The average Bonchev–Trinajstić information content (AvgIpc) is 2.45. The summed E-state index contributed by atoms with van der Waals surface area (Å²) in [5.41, 5.74) is 0.457. The summed E-state index contributed by atoms with van der Waals surface area (Å²) in [7, 11) is 4.16. The van der Waals surface area contributed by atoms with Gasteiger partial charge in [0.1, 0.15) is 0 Å². The highest BCUT2D eigenvalue weighted by molar-refractivity contribution is 7.81. The predicted octanol–water partition coefficient (Wildman–Crippen LogP) is 1.36. The molecule has 0 aliphatic carbocycles. The van der Waals surface area contributed by atoms with Crippen LogP contribution in [0.2, 0.25) is 0 Å². The minimum Gasteiger partial charge on any atom is -0.493 e. The number of hydrogen-bond acceptors (Lipinski definition) is 6. The first-order valence-corrected chi connectivity index (χ1v) is 5.95. The lowest BCUT2D eigenvalue weighted by atomic mass is 10.1. The van der Waals surface area contributed by atoms with Gasteiger partial charge in [-0.2, -0.15) is 12.6 Å². The second-order valence-corrected chi connectivity index (χ2v) is 3.77. The molecule has 0 unspecified atom stereocenters. The molecule has 104 valence electrons. The fourth-order valence-electron chi connectivity index (χ4n) is 1.45. The molecule has 0 saturated carbocycles. The Kier molecular flexibility index (Phi) is 5.50. The van der Waals surface area contributed by atoms with Gasteiger partial charge >= 0.3 is 5.97 Å². The number of esters is 1. The Hall–Kier alpha value is -1.89. The summed E-state index contributed by atoms with van der Waals surface area (Å²) in [5.74, 6) is -0.179. The largest absolute Gasteiger partial charge is 0.493 e. The van der Waals surface area contributed by atoms with E-state index in [9.17, 15) is 9.59 Å². The lowest BCUT2D eigenvalue weighted by Crippen LogP contribution is -2.16. The van der Waals surface area contributed by atoms with Crippen molar-refractivity contribution >= 4 is 30.2 Å². The lowest BCUT2D eigenvalue weighted by molar-refractivity contribution is -0.113. The maximum Gasteiger partial charge on any atom is 0.340 e. The third-order valence-electron chi connectivity index (χ3n) is 2.35. The molecule has 0 saturated heterocycles. The first-order chi connectivity index (χ1) is 9.07. The van der Waals surface area contributed by atoms with E-state index in [0.29, 0.717) is 11.5 Å². The zero-order chi connectivity index (χ0) is 14.4. The van der Waals surface area contributed by atoms with Crippen LogP contribution in [0.15, 0.2) is 12.1 Å². The smallest absolute Gasteiger partial charge is 0.340 e. The maximum atomic E-state index is 11.7. The van der Waals surface area contributed by atoms with Crippen molar-refractivity contribution in [1.82, 2.24) is 0 Å². The molecule has 0 fully saturated rings. The molecule has 6 nitrogen and oxygen atoms in total. The van der Waals surface area contributed by atoms with Crippen LogP contribution in [-0.2, 0) is 9.53 Å². The van der Waals surface area contributed by atoms with E-state index in [4.69, 9.17) is 9.47 Å². The minimum atomic E-state index is -0.588. The standard InChI is InChI=1S/C12H15NO5S/c1-16-9-4-7(12(15)18-3)8(5-10(9)17-2)13-11(14)6-19/h4-5,19H,6H2,1-3H3,(H,13,14). The average molecular weight is 285 g/mol. The number of anilines is 1. The fraction of sp³-hybridized carbons (Fsp3) is 0.333. The van der Waals surface area contributed by atoms with E-state index in [1.807, 2.05) is 0 Å². The van der Waals surface area contributed by atoms with Crippen LogP contribution in [0.5, 0.6) is 11.5 Å². The highest BCUT2D eigenvalue weighted by Crippen LogP contribution is 2.33. The molecule has 0 atom stereocenters. The second-order valence-electron chi connectivity index (χ2n) is 3.45. The van der Waals surface area contributed by atoms with Crippen molar-refractivity contribution in [1.29, 1.82) is 0 Å². The van der Waals surface area contributed by atoms with Crippen molar-refractivity contribution in [2.75, 3.05) is 32.4 Å². The van der Waals surface area contributed by atoms with Gasteiger partial charge in [-0.3, -0.25) is 4.79 Å². The molecule has 1 rings (SSSR count). The van der Waals surface area contributed by atoms with Crippen molar-refractivity contribution in [3.05, 3.63) is 17.7 Å². The van der Waals surface area contributed by atoms with Crippen LogP contribution < -0.4 is 14.8 Å². The SMILES string of the molecule is COC(=O)c1cc(OC)c(OC)cc1NC(=O)CS. The molecule has 0 heterocycles. The number of ether oxygens (including phenoxy) is 3. The van der Waals surface area contributed by atoms with Crippen LogP contribution >= 0.6 is 12.6 Å². The number of hydrogen-bond donors (Lipinski definition) is 2. The van der Waals surface area contributed by atoms with E-state index >= 15 is 0 Å². The molecule has 0 bridgehead atoms. The summed E-state index contributed by atoms with van der Waals surface area (Å²) < 4.78 is 14.9. The van der Waals surface area contributed by atoms with Gasteiger partial charge in [0.05, 0.1) is 38.3 Å². The molecular weight excluding hydrogens is 270 g/mol. The highest BCUT2D eigenvalue weighted by atomic mass is 32.1. The van der Waals surface area contributed by atoms with Crippen molar-refractivity contribution in [2.45, 2.75) is 0 Å². The van der Waals surface area contributed by atoms with Gasteiger partial charge in [0.2, 0.25) is 5.91 Å². The van der Waals surface area contributed by atoms with Crippen LogP contribution in [0.3, 0.4) is 0 Å². The molecule has 0 radical (unpaired) electrons. The number of thiol groups is 1. The van der Waals surface area contributed by atoms with E-state index in [1.165, 1.54) is 33.5 Å². The van der Waals surface area contributed by atoms with E-state index in [1.54, 1.807) is 0 Å². The Morgan fingerprint density at radius 1 is 1.16 bits per heavy atom.